The van der Waals surface area contributed by atoms with Gasteiger partial charge in [0, 0.05) is 12.3 Å². The summed E-state index contributed by atoms with van der Waals surface area (Å²) in [5.41, 5.74) is 0. The number of ether oxygens (including phenoxy) is 2. The monoisotopic (exact) mass is 183 g/mol. The molecule has 1 heterocycles. The van der Waals surface area contributed by atoms with Crippen molar-refractivity contribution in [2.75, 3.05) is 13.7 Å². The Hall–Kier alpha value is -1.78. The summed E-state index contributed by atoms with van der Waals surface area (Å²) < 4.78 is 9.82. The molecule has 0 saturated carbocycles. The highest BCUT2D eigenvalue weighted by Gasteiger charge is 2.04. The van der Waals surface area contributed by atoms with Crippen molar-refractivity contribution in [3.63, 3.8) is 0 Å². The molecular weight excluding hydrogens is 174 g/mol. The molecule has 13 heavy (non-hydrogen) atoms. The molecule has 1 aromatic rings. The lowest BCUT2D eigenvalue weighted by Gasteiger charge is -2.06. The Balaban J connectivity index is 2.69. The van der Waals surface area contributed by atoms with Crippen LogP contribution in [-0.2, 0) is 4.79 Å². The smallest absolute Gasteiger partial charge is 0.341 e. The predicted octanol–water partition coefficient (Wildman–Crippen LogP) is 0.554. The van der Waals surface area contributed by atoms with E-state index in [4.69, 9.17) is 14.6 Å². The second-order valence-corrected chi connectivity index (χ2v) is 2.21. The minimum Gasteiger partial charge on any atom is -0.493 e. The van der Waals surface area contributed by atoms with E-state index < -0.39 is 12.6 Å². The average molecular weight is 183 g/mol. The van der Waals surface area contributed by atoms with Gasteiger partial charge in [-0.05, 0) is 0 Å². The van der Waals surface area contributed by atoms with Crippen molar-refractivity contribution in [3.05, 3.63) is 18.5 Å². The van der Waals surface area contributed by atoms with Crippen LogP contribution in [0.4, 0.5) is 0 Å². The van der Waals surface area contributed by atoms with Gasteiger partial charge in [0.05, 0.1) is 13.3 Å². The molecule has 5 heteroatoms. The number of carboxylic acids is 1. The Morgan fingerprint density at radius 3 is 3.00 bits per heavy atom. The molecule has 0 atom stereocenters. The van der Waals surface area contributed by atoms with E-state index in [1.807, 2.05) is 0 Å². The first-order chi connectivity index (χ1) is 6.24. The normalized spacial score (nSPS) is 9.31. The summed E-state index contributed by atoms with van der Waals surface area (Å²) >= 11 is 0. The van der Waals surface area contributed by atoms with Gasteiger partial charge in [0.1, 0.15) is 0 Å². The maximum Gasteiger partial charge on any atom is 0.341 e. The number of carbonyl (C=O) groups is 1. The second kappa shape index (κ2) is 4.30. The third-order valence-electron chi connectivity index (χ3n) is 1.32. The number of methoxy groups -OCH3 is 1. The fourth-order valence-corrected chi connectivity index (χ4v) is 0.784. The second-order valence-electron chi connectivity index (χ2n) is 2.21. The molecule has 1 N–H and O–H groups in total. The SMILES string of the molecule is COc1ccncc1OCC(=O)O. The van der Waals surface area contributed by atoms with E-state index in [2.05, 4.69) is 4.98 Å². The summed E-state index contributed by atoms with van der Waals surface area (Å²) in [6, 6.07) is 1.59. The van der Waals surface area contributed by atoms with E-state index in [0.717, 1.165) is 0 Å². The Labute approximate surface area is 74.9 Å². The van der Waals surface area contributed by atoms with Crippen molar-refractivity contribution in [1.82, 2.24) is 4.98 Å². The van der Waals surface area contributed by atoms with Crippen molar-refractivity contribution in [1.29, 1.82) is 0 Å². The zero-order valence-electron chi connectivity index (χ0n) is 7.06. The van der Waals surface area contributed by atoms with Gasteiger partial charge < -0.3 is 14.6 Å². The first-order valence-electron chi connectivity index (χ1n) is 3.56. The number of rotatable bonds is 4. The summed E-state index contributed by atoms with van der Waals surface area (Å²) in [4.78, 5) is 14.0. The van der Waals surface area contributed by atoms with Crippen LogP contribution in [0.15, 0.2) is 18.5 Å². The molecule has 1 aromatic heterocycles. The van der Waals surface area contributed by atoms with Gasteiger partial charge in [-0.1, -0.05) is 0 Å². The van der Waals surface area contributed by atoms with Crippen molar-refractivity contribution >= 4 is 5.97 Å². The van der Waals surface area contributed by atoms with Crippen LogP contribution in [0.5, 0.6) is 11.5 Å². The van der Waals surface area contributed by atoms with E-state index in [0.29, 0.717) is 11.5 Å². The maximum absolute atomic E-state index is 10.2. The molecule has 5 nitrogen and oxygen atoms in total. The lowest BCUT2D eigenvalue weighted by atomic mass is 10.4. The molecule has 1 rings (SSSR count). The van der Waals surface area contributed by atoms with Gasteiger partial charge >= 0.3 is 5.97 Å². The molecule has 0 radical (unpaired) electrons. The van der Waals surface area contributed by atoms with E-state index in [1.54, 1.807) is 6.07 Å². The molecule has 0 aliphatic carbocycles. The van der Waals surface area contributed by atoms with Gasteiger partial charge in [-0.25, -0.2) is 4.79 Å². The summed E-state index contributed by atoms with van der Waals surface area (Å²) in [5, 5.41) is 8.35. The summed E-state index contributed by atoms with van der Waals surface area (Å²) in [6.45, 7) is -0.401. The number of hydrogen-bond donors (Lipinski definition) is 1. The van der Waals surface area contributed by atoms with Gasteiger partial charge in [-0.15, -0.1) is 0 Å². The quantitative estimate of drug-likeness (QED) is 0.738. The number of aromatic nitrogens is 1. The Kier molecular flexibility index (Phi) is 3.08. The number of carboxylic acid groups (broad SMARTS) is 1. The number of hydrogen-bond acceptors (Lipinski definition) is 4. The van der Waals surface area contributed by atoms with Crippen molar-refractivity contribution in [2.45, 2.75) is 0 Å². The molecule has 0 spiro atoms. The van der Waals surface area contributed by atoms with Crippen LogP contribution in [0, 0.1) is 0 Å². The van der Waals surface area contributed by atoms with E-state index in [1.165, 1.54) is 19.5 Å². The van der Waals surface area contributed by atoms with Gasteiger partial charge in [0.25, 0.3) is 0 Å². The molecule has 0 amide bonds. The van der Waals surface area contributed by atoms with E-state index >= 15 is 0 Å². The minimum atomic E-state index is -1.04. The van der Waals surface area contributed by atoms with Crippen molar-refractivity contribution < 1.29 is 19.4 Å². The zero-order chi connectivity index (χ0) is 9.68. The van der Waals surface area contributed by atoms with Crippen molar-refractivity contribution in [2.24, 2.45) is 0 Å². The fraction of sp³-hybridized carbons (Fsp3) is 0.250. The molecule has 0 bridgehead atoms. The van der Waals surface area contributed by atoms with Crippen LogP contribution in [0.2, 0.25) is 0 Å². The molecule has 0 unspecified atom stereocenters. The molecule has 70 valence electrons. The van der Waals surface area contributed by atoms with Crippen LogP contribution in [0.3, 0.4) is 0 Å². The maximum atomic E-state index is 10.2. The lowest BCUT2D eigenvalue weighted by molar-refractivity contribution is -0.139. The van der Waals surface area contributed by atoms with Gasteiger partial charge in [-0.3, -0.25) is 4.98 Å². The highest BCUT2D eigenvalue weighted by molar-refractivity contribution is 5.68. The van der Waals surface area contributed by atoms with Gasteiger partial charge in [0.15, 0.2) is 18.1 Å². The van der Waals surface area contributed by atoms with E-state index in [9.17, 15) is 4.79 Å². The van der Waals surface area contributed by atoms with Crippen LogP contribution in [0.25, 0.3) is 0 Å². The Morgan fingerprint density at radius 1 is 1.62 bits per heavy atom. The molecule has 0 fully saturated rings. The third kappa shape index (κ3) is 2.62. The third-order valence-corrected chi connectivity index (χ3v) is 1.32. The summed E-state index contributed by atoms with van der Waals surface area (Å²) in [7, 11) is 1.48. The van der Waals surface area contributed by atoms with Crippen LogP contribution >= 0.6 is 0 Å². The molecule has 0 saturated heterocycles. The van der Waals surface area contributed by atoms with Crippen LogP contribution in [-0.4, -0.2) is 29.8 Å². The molecule has 0 aliphatic rings. The number of pyridine rings is 1. The fourth-order valence-electron chi connectivity index (χ4n) is 0.784. The minimum absolute atomic E-state index is 0.326. The van der Waals surface area contributed by atoms with Crippen molar-refractivity contribution in [3.8, 4) is 11.5 Å². The standard InChI is InChI=1S/C8H9NO4/c1-12-6-2-3-9-4-7(6)13-5-8(10)11/h2-4H,5H2,1H3,(H,10,11). The van der Waals surface area contributed by atoms with Crippen LogP contribution in [0.1, 0.15) is 0 Å². The van der Waals surface area contributed by atoms with E-state index in [-0.39, 0.29) is 0 Å². The molecule has 0 aromatic carbocycles. The molecule has 0 aliphatic heterocycles. The van der Waals surface area contributed by atoms with Crippen LogP contribution < -0.4 is 9.47 Å². The predicted molar refractivity (Wildman–Crippen MR) is 43.9 cm³/mol. The number of aliphatic carboxylic acids is 1. The first-order valence-corrected chi connectivity index (χ1v) is 3.56. The highest BCUT2D eigenvalue weighted by Crippen LogP contribution is 2.24. The Bertz CT molecular complexity index is 300. The topological polar surface area (TPSA) is 68.7 Å². The highest BCUT2D eigenvalue weighted by atomic mass is 16.5. The first kappa shape index (κ1) is 9.31. The lowest BCUT2D eigenvalue weighted by Crippen LogP contribution is -2.10. The molecular formula is C8H9NO4. The van der Waals surface area contributed by atoms with Gasteiger partial charge in [-0.2, -0.15) is 0 Å². The Morgan fingerprint density at radius 2 is 2.38 bits per heavy atom. The average Bonchev–Trinajstić information content (AvgIpc) is 2.15. The van der Waals surface area contributed by atoms with Gasteiger partial charge in [0.2, 0.25) is 0 Å². The summed E-state index contributed by atoms with van der Waals surface area (Å²) in [6.07, 6.45) is 2.94. The zero-order valence-corrected chi connectivity index (χ0v) is 7.06. The largest absolute Gasteiger partial charge is 0.493 e. The number of nitrogens with zero attached hydrogens (tertiary/aromatic N) is 1. The summed E-state index contributed by atoms with van der Waals surface area (Å²) in [5.74, 6) is -0.241.